The molecule has 96 valence electrons. The number of nitrogens with zero attached hydrogens (tertiary/aromatic N) is 3. The van der Waals surface area contributed by atoms with Gasteiger partial charge in [0.15, 0.2) is 4.77 Å². The molecular formula is C14H14N4S. The standard InChI is InChI=1S/C14H14N4S/c1-17(2)10-4-3-5-11(8-10)18-13-6-7-15-9-12(13)16-14(18)19/h3-9H,1-2H3,(H,16,19). The van der Waals surface area contributed by atoms with Crippen molar-refractivity contribution in [3.8, 4) is 5.69 Å². The first kappa shape index (κ1) is 11.9. The van der Waals surface area contributed by atoms with Crippen LogP contribution in [0.25, 0.3) is 16.7 Å². The Labute approximate surface area is 116 Å². The van der Waals surface area contributed by atoms with Crippen molar-refractivity contribution in [1.29, 1.82) is 0 Å². The third-order valence-electron chi connectivity index (χ3n) is 3.09. The SMILES string of the molecule is CN(C)c1cccc(-n2c(=S)[nH]c3cnccc32)c1. The minimum atomic E-state index is 0.680. The molecule has 4 nitrogen and oxygen atoms in total. The molecular weight excluding hydrogens is 256 g/mol. The number of hydrogen-bond donors (Lipinski definition) is 1. The predicted octanol–water partition coefficient (Wildman–Crippen LogP) is 3.15. The maximum Gasteiger partial charge on any atom is 0.182 e. The fraction of sp³-hybridized carbons (Fsp3) is 0.143. The normalized spacial score (nSPS) is 10.8. The molecule has 0 aliphatic carbocycles. The van der Waals surface area contributed by atoms with Gasteiger partial charge in [0, 0.05) is 26.0 Å². The summed E-state index contributed by atoms with van der Waals surface area (Å²) in [5.41, 5.74) is 4.18. The van der Waals surface area contributed by atoms with Gasteiger partial charge >= 0.3 is 0 Å². The second-order valence-corrected chi connectivity index (χ2v) is 4.96. The second-order valence-electron chi connectivity index (χ2n) is 4.57. The molecule has 0 atom stereocenters. The quantitative estimate of drug-likeness (QED) is 0.727. The molecule has 0 aliphatic rings. The lowest BCUT2D eigenvalue weighted by atomic mass is 10.2. The maximum absolute atomic E-state index is 5.41. The highest BCUT2D eigenvalue weighted by Crippen LogP contribution is 2.22. The molecule has 0 bridgehead atoms. The Morgan fingerprint density at radius 3 is 2.89 bits per heavy atom. The topological polar surface area (TPSA) is 36.9 Å². The molecule has 3 rings (SSSR count). The summed E-state index contributed by atoms with van der Waals surface area (Å²) in [6.07, 6.45) is 3.56. The number of H-pyrrole nitrogens is 1. The number of pyridine rings is 1. The number of hydrogen-bond acceptors (Lipinski definition) is 3. The Hall–Kier alpha value is -2.14. The van der Waals surface area contributed by atoms with Gasteiger partial charge in [-0.15, -0.1) is 0 Å². The Kier molecular flexibility index (Phi) is 2.83. The first-order valence-electron chi connectivity index (χ1n) is 5.99. The molecule has 3 aromatic rings. The van der Waals surface area contributed by atoms with E-state index in [0.29, 0.717) is 4.77 Å². The molecule has 5 heteroatoms. The molecule has 0 spiro atoms. The van der Waals surface area contributed by atoms with Crippen LogP contribution in [0.2, 0.25) is 0 Å². The molecule has 0 amide bonds. The number of aromatic nitrogens is 3. The lowest BCUT2D eigenvalue weighted by Gasteiger charge is -2.14. The zero-order valence-electron chi connectivity index (χ0n) is 10.8. The van der Waals surface area contributed by atoms with Crippen molar-refractivity contribution < 1.29 is 0 Å². The highest BCUT2D eigenvalue weighted by Gasteiger charge is 2.07. The van der Waals surface area contributed by atoms with Gasteiger partial charge in [-0.2, -0.15) is 0 Å². The summed E-state index contributed by atoms with van der Waals surface area (Å²) in [5, 5.41) is 0. The van der Waals surface area contributed by atoms with Crippen LogP contribution in [-0.4, -0.2) is 28.6 Å². The minimum absolute atomic E-state index is 0.680. The number of aromatic amines is 1. The summed E-state index contributed by atoms with van der Waals surface area (Å²) >= 11 is 5.41. The van der Waals surface area contributed by atoms with Gasteiger partial charge in [0.05, 0.1) is 22.9 Å². The summed E-state index contributed by atoms with van der Waals surface area (Å²) in [5.74, 6) is 0. The van der Waals surface area contributed by atoms with E-state index < -0.39 is 0 Å². The summed E-state index contributed by atoms with van der Waals surface area (Å²) < 4.78 is 2.71. The predicted molar refractivity (Wildman–Crippen MR) is 80.6 cm³/mol. The number of benzene rings is 1. The van der Waals surface area contributed by atoms with Gasteiger partial charge in [0.25, 0.3) is 0 Å². The molecule has 0 saturated carbocycles. The Balaban J connectivity index is 2.27. The molecule has 2 heterocycles. The first-order valence-corrected chi connectivity index (χ1v) is 6.40. The fourth-order valence-corrected chi connectivity index (χ4v) is 2.44. The first-order chi connectivity index (χ1) is 9.16. The average Bonchev–Trinajstić information content (AvgIpc) is 2.74. The number of anilines is 1. The zero-order chi connectivity index (χ0) is 13.4. The molecule has 0 radical (unpaired) electrons. The Bertz CT molecular complexity index is 785. The molecule has 19 heavy (non-hydrogen) atoms. The van der Waals surface area contributed by atoms with Gasteiger partial charge in [-0.25, -0.2) is 0 Å². The van der Waals surface area contributed by atoms with Crippen LogP contribution in [0.4, 0.5) is 5.69 Å². The van der Waals surface area contributed by atoms with E-state index in [1.54, 1.807) is 12.4 Å². The van der Waals surface area contributed by atoms with Crippen LogP contribution in [0.5, 0.6) is 0 Å². The number of rotatable bonds is 2. The monoisotopic (exact) mass is 270 g/mol. The second kappa shape index (κ2) is 4.51. The van der Waals surface area contributed by atoms with Gasteiger partial charge in [0.2, 0.25) is 0 Å². The highest BCUT2D eigenvalue weighted by atomic mass is 32.1. The Morgan fingerprint density at radius 1 is 1.26 bits per heavy atom. The van der Waals surface area contributed by atoms with Crippen LogP contribution in [0.1, 0.15) is 0 Å². The van der Waals surface area contributed by atoms with E-state index >= 15 is 0 Å². The van der Waals surface area contributed by atoms with Crippen molar-refractivity contribution in [2.24, 2.45) is 0 Å². The molecule has 2 aromatic heterocycles. The molecule has 0 fully saturated rings. The zero-order valence-corrected chi connectivity index (χ0v) is 11.6. The maximum atomic E-state index is 5.41. The van der Waals surface area contributed by atoms with Crippen molar-refractivity contribution >= 4 is 28.9 Å². The van der Waals surface area contributed by atoms with Gasteiger partial charge in [-0.1, -0.05) is 6.07 Å². The fourth-order valence-electron chi connectivity index (χ4n) is 2.13. The van der Waals surface area contributed by atoms with E-state index in [0.717, 1.165) is 22.4 Å². The van der Waals surface area contributed by atoms with Crippen LogP contribution < -0.4 is 4.90 Å². The van der Waals surface area contributed by atoms with E-state index in [-0.39, 0.29) is 0 Å². The third-order valence-corrected chi connectivity index (χ3v) is 3.37. The molecule has 0 aliphatic heterocycles. The lowest BCUT2D eigenvalue weighted by Crippen LogP contribution is -2.09. The average molecular weight is 270 g/mol. The minimum Gasteiger partial charge on any atom is -0.378 e. The lowest BCUT2D eigenvalue weighted by molar-refractivity contribution is 1.05. The van der Waals surface area contributed by atoms with Crippen LogP contribution in [0, 0.1) is 4.77 Å². The summed E-state index contributed by atoms with van der Waals surface area (Å²) in [4.78, 5) is 9.36. The van der Waals surface area contributed by atoms with Crippen molar-refractivity contribution in [3.05, 3.63) is 47.5 Å². The molecule has 0 saturated heterocycles. The third kappa shape index (κ3) is 2.02. The van der Waals surface area contributed by atoms with Gasteiger partial charge in [-0.3, -0.25) is 9.55 Å². The van der Waals surface area contributed by atoms with Crippen LogP contribution in [0.3, 0.4) is 0 Å². The van der Waals surface area contributed by atoms with Gasteiger partial charge in [-0.05, 0) is 36.5 Å². The van der Waals surface area contributed by atoms with Crippen molar-refractivity contribution in [2.75, 3.05) is 19.0 Å². The number of fused-ring (bicyclic) bond motifs is 1. The smallest absolute Gasteiger partial charge is 0.182 e. The Morgan fingerprint density at radius 2 is 2.11 bits per heavy atom. The van der Waals surface area contributed by atoms with Crippen molar-refractivity contribution in [3.63, 3.8) is 0 Å². The van der Waals surface area contributed by atoms with Crippen molar-refractivity contribution in [2.45, 2.75) is 0 Å². The number of nitrogens with one attached hydrogen (secondary N) is 1. The van der Waals surface area contributed by atoms with Gasteiger partial charge < -0.3 is 9.88 Å². The van der Waals surface area contributed by atoms with Crippen LogP contribution >= 0.6 is 12.2 Å². The van der Waals surface area contributed by atoms with E-state index in [1.165, 1.54) is 0 Å². The van der Waals surface area contributed by atoms with Gasteiger partial charge in [0.1, 0.15) is 0 Å². The van der Waals surface area contributed by atoms with Crippen molar-refractivity contribution in [1.82, 2.24) is 14.5 Å². The number of imidazole rings is 1. The largest absolute Gasteiger partial charge is 0.378 e. The van der Waals surface area contributed by atoms with E-state index in [4.69, 9.17) is 12.2 Å². The van der Waals surface area contributed by atoms with E-state index in [9.17, 15) is 0 Å². The molecule has 1 aromatic carbocycles. The van der Waals surface area contributed by atoms with Crippen LogP contribution in [0.15, 0.2) is 42.7 Å². The molecule has 0 unspecified atom stereocenters. The van der Waals surface area contributed by atoms with Crippen LogP contribution in [-0.2, 0) is 0 Å². The summed E-state index contributed by atoms with van der Waals surface area (Å²) in [7, 11) is 4.05. The van der Waals surface area contributed by atoms with E-state index in [2.05, 4.69) is 33.1 Å². The summed E-state index contributed by atoms with van der Waals surface area (Å²) in [6.45, 7) is 0. The molecule has 1 N–H and O–H groups in total. The highest BCUT2D eigenvalue weighted by molar-refractivity contribution is 7.71. The van der Waals surface area contributed by atoms with E-state index in [1.807, 2.05) is 30.8 Å². The summed E-state index contributed by atoms with van der Waals surface area (Å²) in [6, 6.07) is 10.2.